The number of nitrogens with two attached hydrogens (primary N) is 1. The van der Waals surface area contributed by atoms with Crippen molar-refractivity contribution in [2.24, 2.45) is 10.8 Å². The van der Waals surface area contributed by atoms with Gasteiger partial charge in [-0.3, -0.25) is 5.43 Å². The number of hydrogen-bond acceptors (Lipinski definition) is 3. The van der Waals surface area contributed by atoms with E-state index in [1.165, 1.54) is 0 Å². The molecule has 0 aliphatic heterocycles. The number of hydrazone groups is 1. The predicted octanol–water partition coefficient (Wildman–Crippen LogP) is 3.95. The van der Waals surface area contributed by atoms with E-state index in [1.807, 2.05) is 18.2 Å². The van der Waals surface area contributed by atoms with Crippen molar-refractivity contribution in [1.29, 1.82) is 0 Å². The van der Waals surface area contributed by atoms with Gasteiger partial charge in [0.2, 0.25) is 0 Å². The normalized spacial score (nSPS) is 10.6. The lowest BCUT2D eigenvalue weighted by atomic mass is 10.2. The molecule has 0 saturated carbocycles. The largest absolute Gasteiger partial charge is 0.457 e. The van der Waals surface area contributed by atoms with Crippen LogP contribution in [0.15, 0.2) is 47.6 Å². The summed E-state index contributed by atoms with van der Waals surface area (Å²) in [6.45, 7) is 0. The van der Waals surface area contributed by atoms with E-state index in [4.69, 9.17) is 33.7 Å². The number of ether oxygens (including phenoxy) is 1. The highest BCUT2D eigenvalue weighted by Crippen LogP contribution is 2.28. The van der Waals surface area contributed by atoms with E-state index in [-0.39, 0.29) is 5.11 Å². The van der Waals surface area contributed by atoms with Gasteiger partial charge in [-0.2, -0.15) is 5.10 Å². The maximum atomic E-state index is 5.93. The Morgan fingerprint density at radius 3 is 2.52 bits per heavy atom. The lowest BCUT2D eigenvalue weighted by Gasteiger charge is -2.07. The van der Waals surface area contributed by atoms with Gasteiger partial charge in [-0.15, -0.1) is 0 Å². The molecule has 3 N–H and O–H groups in total. The van der Waals surface area contributed by atoms with Crippen molar-refractivity contribution < 1.29 is 4.74 Å². The summed E-state index contributed by atoms with van der Waals surface area (Å²) >= 11 is 16.5. The molecule has 21 heavy (non-hydrogen) atoms. The van der Waals surface area contributed by atoms with Crippen LogP contribution in [-0.4, -0.2) is 11.3 Å². The first-order valence-electron chi connectivity index (χ1n) is 5.85. The smallest absolute Gasteiger partial charge is 0.184 e. The lowest BCUT2D eigenvalue weighted by molar-refractivity contribution is 0.482. The molecule has 4 nitrogen and oxygen atoms in total. The molecule has 0 amide bonds. The zero-order valence-electron chi connectivity index (χ0n) is 10.7. The van der Waals surface area contributed by atoms with Gasteiger partial charge in [0.05, 0.1) is 6.21 Å². The number of rotatable bonds is 4. The third kappa shape index (κ3) is 5.23. The zero-order valence-corrected chi connectivity index (χ0v) is 13.0. The van der Waals surface area contributed by atoms with Crippen LogP contribution in [0.2, 0.25) is 10.0 Å². The summed E-state index contributed by atoms with van der Waals surface area (Å²) in [4.78, 5) is 0. The van der Waals surface area contributed by atoms with E-state index >= 15 is 0 Å². The maximum absolute atomic E-state index is 5.93. The molecule has 0 heterocycles. The zero-order chi connectivity index (χ0) is 15.2. The fourth-order valence-electron chi connectivity index (χ4n) is 1.55. The summed E-state index contributed by atoms with van der Waals surface area (Å²) in [5.74, 6) is 1.19. The third-order valence-electron chi connectivity index (χ3n) is 2.32. The van der Waals surface area contributed by atoms with Gasteiger partial charge >= 0.3 is 0 Å². The fourth-order valence-corrected chi connectivity index (χ4v) is 2.11. The van der Waals surface area contributed by atoms with Crippen molar-refractivity contribution in [3.8, 4) is 11.5 Å². The van der Waals surface area contributed by atoms with E-state index in [0.29, 0.717) is 21.5 Å². The second-order valence-corrected chi connectivity index (χ2v) is 5.33. The number of halogens is 2. The van der Waals surface area contributed by atoms with Gasteiger partial charge in [0, 0.05) is 10.0 Å². The molecular formula is C14H11Cl2N3OS. The van der Waals surface area contributed by atoms with Crippen LogP contribution in [0, 0.1) is 0 Å². The number of nitrogens with one attached hydrogen (secondary N) is 1. The molecule has 108 valence electrons. The molecule has 2 aromatic carbocycles. The van der Waals surface area contributed by atoms with E-state index < -0.39 is 0 Å². The van der Waals surface area contributed by atoms with Crippen LogP contribution in [-0.2, 0) is 0 Å². The number of nitrogens with zero attached hydrogens (tertiary/aromatic N) is 1. The quantitative estimate of drug-likeness (QED) is 0.503. The summed E-state index contributed by atoms with van der Waals surface area (Å²) in [5, 5.41) is 5.00. The van der Waals surface area contributed by atoms with Crippen LogP contribution in [0.3, 0.4) is 0 Å². The van der Waals surface area contributed by atoms with E-state index in [1.54, 1.807) is 30.5 Å². The minimum atomic E-state index is 0.104. The maximum Gasteiger partial charge on any atom is 0.184 e. The average molecular weight is 340 g/mol. The summed E-state index contributed by atoms with van der Waals surface area (Å²) in [5.41, 5.74) is 8.58. The van der Waals surface area contributed by atoms with Gasteiger partial charge in [-0.1, -0.05) is 35.3 Å². The van der Waals surface area contributed by atoms with Gasteiger partial charge in [0.15, 0.2) is 5.11 Å². The number of hydrogen-bond donors (Lipinski definition) is 2. The molecule has 7 heteroatoms. The van der Waals surface area contributed by atoms with Crippen LogP contribution < -0.4 is 15.9 Å². The van der Waals surface area contributed by atoms with Crippen molar-refractivity contribution in [3.05, 3.63) is 58.1 Å². The van der Waals surface area contributed by atoms with Gasteiger partial charge in [0.1, 0.15) is 11.5 Å². The van der Waals surface area contributed by atoms with Crippen molar-refractivity contribution in [2.45, 2.75) is 0 Å². The molecule has 0 aliphatic carbocycles. The summed E-state index contributed by atoms with van der Waals surface area (Å²) in [7, 11) is 0. The molecule has 0 unspecified atom stereocenters. The Labute approximate surface area is 137 Å². The molecule has 0 radical (unpaired) electrons. The topological polar surface area (TPSA) is 59.6 Å². The van der Waals surface area contributed by atoms with Crippen molar-refractivity contribution in [2.75, 3.05) is 0 Å². The van der Waals surface area contributed by atoms with Gasteiger partial charge in [0.25, 0.3) is 0 Å². The standard InChI is InChI=1S/C14H11Cl2N3OS/c15-10-5-11(16)7-13(6-10)20-12-3-1-2-9(4-12)8-18-19-14(17)21/h1-8H,(H3,17,19,21). The van der Waals surface area contributed by atoms with Gasteiger partial charge in [-0.25, -0.2) is 0 Å². The van der Waals surface area contributed by atoms with Crippen LogP contribution in [0.1, 0.15) is 5.56 Å². The Bertz CT molecular complexity index is 671. The Hall–Kier alpha value is -1.82. The molecule has 0 fully saturated rings. The molecule has 0 saturated heterocycles. The molecular weight excluding hydrogens is 329 g/mol. The van der Waals surface area contributed by atoms with Gasteiger partial charge < -0.3 is 10.5 Å². The van der Waals surface area contributed by atoms with Gasteiger partial charge in [-0.05, 0) is 48.1 Å². The van der Waals surface area contributed by atoms with Crippen LogP contribution >= 0.6 is 35.4 Å². The Balaban J connectivity index is 2.13. The molecule has 0 atom stereocenters. The van der Waals surface area contributed by atoms with E-state index in [9.17, 15) is 0 Å². The lowest BCUT2D eigenvalue weighted by Crippen LogP contribution is -2.23. The molecule has 0 aromatic heterocycles. The predicted molar refractivity (Wildman–Crippen MR) is 90.5 cm³/mol. The molecule has 2 rings (SSSR count). The molecule has 0 spiro atoms. The minimum Gasteiger partial charge on any atom is -0.457 e. The SMILES string of the molecule is NC(=S)NN=Cc1cccc(Oc2cc(Cl)cc(Cl)c2)c1. The third-order valence-corrected chi connectivity index (χ3v) is 2.85. The van der Waals surface area contributed by atoms with Crippen LogP contribution in [0.25, 0.3) is 0 Å². The molecule has 0 aliphatic rings. The van der Waals surface area contributed by atoms with E-state index in [2.05, 4.69) is 22.7 Å². The Morgan fingerprint density at radius 2 is 1.86 bits per heavy atom. The average Bonchev–Trinajstić information content (AvgIpc) is 2.37. The number of benzene rings is 2. The highest BCUT2D eigenvalue weighted by atomic mass is 35.5. The van der Waals surface area contributed by atoms with Crippen LogP contribution in [0.4, 0.5) is 0 Å². The Kier molecular flexibility index (Phi) is 5.38. The van der Waals surface area contributed by atoms with Crippen molar-refractivity contribution in [3.63, 3.8) is 0 Å². The summed E-state index contributed by atoms with van der Waals surface area (Å²) in [6.07, 6.45) is 1.58. The molecule has 0 bridgehead atoms. The number of thiocarbonyl (C=S) groups is 1. The van der Waals surface area contributed by atoms with Crippen molar-refractivity contribution >= 4 is 46.7 Å². The van der Waals surface area contributed by atoms with E-state index in [0.717, 1.165) is 5.56 Å². The first-order chi connectivity index (χ1) is 10.0. The Morgan fingerprint density at radius 1 is 1.14 bits per heavy atom. The summed E-state index contributed by atoms with van der Waals surface area (Å²) in [6, 6.07) is 12.3. The summed E-state index contributed by atoms with van der Waals surface area (Å²) < 4.78 is 5.71. The first kappa shape index (κ1) is 15.6. The first-order valence-corrected chi connectivity index (χ1v) is 7.02. The molecule has 2 aromatic rings. The fraction of sp³-hybridized carbons (Fsp3) is 0. The second-order valence-electron chi connectivity index (χ2n) is 4.01. The monoisotopic (exact) mass is 339 g/mol. The van der Waals surface area contributed by atoms with Crippen molar-refractivity contribution in [1.82, 2.24) is 5.43 Å². The second kappa shape index (κ2) is 7.26. The highest BCUT2D eigenvalue weighted by Gasteiger charge is 2.02. The highest BCUT2D eigenvalue weighted by molar-refractivity contribution is 7.80. The minimum absolute atomic E-state index is 0.104. The van der Waals surface area contributed by atoms with Crippen LogP contribution in [0.5, 0.6) is 11.5 Å².